The summed E-state index contributed by atoms with van der Waals surface area (Å²) in [6.45, 7) is 3.85. The van der Waals surface area contributed by atoms with Crippen molar-refractivity contribution in [2.24, 2.45) is 0 Å². The van der Waals surface area contributed by atoms with Crippen molar-refractivity contribution in [3.8, 4) is 11.3 Å². The highest BCUT2D eigenvalue weighted by atomic mass is 32.2. The first-order valence-corrected chi connectivity index (χ1v) is 8.27. The highest BCUT2D eigenvalue weighted by Gasteiger charge is 2.32. The van der Waals surface area contributed by atoms with E-state index in [-0.39, 0.29) is 5.03 Å². The molecule has 6 nitrogen and oxygen atoms in total. The van der Waals surface area contributed by atoms with Gasteiger partial charge < -0.3 is 9.73 Å². The molecule has 2 heterocycles. The van der Waals surface area contributed by atoms with Crippen LogP contribution in [0.5, 0.6) is 0 Å². The van der Waals surface area contributed by atoms with Crippen LogP contribution in [0.4, 0.5) is 0 Å². The van der Waals surface area contributed by atoms with Crippen LogP contribution in [0.15, 0.2) is 39.8 Å². The molecule has 1 N–H and O–H groups in total. The van der Waals surface area contributed by atoms with Crippen molar-refractivity contribution in [3.63, 3.8) is 0 Å². The van der Waals surface area contributed by atoms with Gasteiger partial charge in [-0.1, -0.05) is 30.3 Å². The Balaban J connectivity index is 2.06. The van der Waals surface area contributed by atoms with Crippen molar-refractivity contribution in [3.05, 3.63) is 36.2 Å². The first-order valence-electron chi connectivity index (χ1n) is 6.83. The number of piperazine rings is 1. The number of nitrogens with one attached hydrogen (secondary N) is 1. The molecule has 0 atom stereocenters. The second-order valence-corrected chi connectivity index (χ2v) is 6.74. The van der Waals surface area contributed by atoms with Gasteiger partial charge in [0.25, 0.3) is 10.0 Å². The molecule has 0 radical (unpaired) electrons. The Hall–Kier alpha value is -1.70. The van der Waals surface area contributed by atoms with Crippen molar-refractivity contribution in [2.45, 2.75) is 11.9 Å². The van der Waals surface area contributed by atoms with E-state index in [1.807, 2.05) is 30.3 Å². The zero-order chi connectivity index (χ0) is 14.9. The number of hydrogen-bond donors (Lipinski definition) is 1. The molecule has 0 saturated carbocycles. The van der Waals surface area contributed by atoms with Gasteiger partial charge in [-0.3, -0.25) is 0 Å². The summed E-state index contributed by atoms with van der Waals surface area (Å²) in [6.07, 6.45) is 0. The molecule has 1 aromatic heterocycles. The highest BCUT2D eigenvalue weighted by molar-refractivity contribution is 7.89. The summed E-state index contributed by atoms with van der Waals surface area (Å²) in [7, 11) is -3.63. The third-order valence-corrected chi connectivity index (χ3v) is 5.21. The number of hydrogen-bond acceptors (Lipinski definition) is 5. The van der Waals surface area contributed by atoms with E-state index in [4.69, 9.17) is 4.42 Å². The van der Waals surface area contributed by atoms with E-state index in [9.17, 15) is 8.42 Å². The Morgan fingerprint density at radius 3 is 2.52 bits per heavy atom. The summed E-state index contributed by atoms with van der Waals surface area (Å²) in [5.41, 5.74) is 0.715. The number of nitrogens with zero attached hydrogens (tertiary/aromatic N) is 2. The van der Waals surface area contributed by atoms with E-state index >= 15 is 0 Å². The van der Waals surface area contributed by atoms with Crippen molar-refractivity contribution >= 4 is 10.0 Å². The number of oxazole rings is 1. The maximum Gasteiger partial charge on any atom is 0.264 e. The van der Waals surface area contributed by atoms with E-state index in [1.54, 1.807) is 6.92 Å². The third-order valence-electron chi connectivity index (χ3n) is 3.40. The van der Waals surface area contributed by atoms with Crippen LogP contribution in [0.25, 0.3) is 11.3 Å². The summed E-state index contributed by atoms with van der Waals surface area (Å²) in [5, 5.41) is 3.15. The quantitative estimate of drug-likeness (QED) is 0.923. The Labute approximate surface area is 123 Å². The topological polar surface area (TPSA) is 75.4 Å². The molecule has 0 unspecified atom stereocenters. The van der Waals surface area contributed by atoms with Crippen LogP contribution in [0.3, 0.4) is 0 Å². The van der Waals surface area contributed by atoms with Crippen LogP contribution in [-0.2, 0) is 10.0 Å². The maximum absolute atomic E-state index is 12.8. The molecule has 0 aliphatic carbocycles. The molecule has 2 aromatic rings. The Morgan fingerprint density at radius 1 is 1.19 bits per heavy atom. The number of rotatable bonds is 3. The number of aromatic nitrogens is 1. The maximum atomic E-state index is 12.8. The summed E-state index contributed by atoms with van der Waals surface area (Å²) >= 11 is 0. The third kappa shape index (κ3) is 2.72. The predicted octanol–water partition coefficient (Wildman–Crippen LogP) is 1.24. The summed E-state index contributed by atoms with van der Waals surface area (Å²) in [6, 6.07) is 9.19. The second-order valence-electron chi connectivity index (χ2n) is 4.89. The summed E-state index contributed by atoms with van der Waals surface area (Å²) in [4.78, 5) is 4.12. The normalized spacial score (nSPS) is 17.0. The van der Waals surface area contributed by atoms with Gasteiger partial charge in [0.1, 0.15) is 0 Å². The summed E-state index contributed by atoms with van der Waals surface area (Å²) < 4.78 is 32.5. The lowest BCUT2D eigenvalue weighted by Crippen LogP contribution is -2.46. The number of aryl methyl sites for hydroxylation is 1. The molecule has 3 rings (SSSR count). The Bertz CT molecular complexity index is 719. The molecule has 112 valence electrons. The minimum Gasteiger partial charge on any atom is -0.440 e. The Kier molecular flexibility index (Phi) is 3.79. The van der Waals surface area contributed by atoms with Crippen LogP contribution in [0, 0.1) is 6.92 Å². The van der Waals surface area contributed by atoms with Crippen LogP contribution in [-0.4, -0.2) is 43.9 Å². The fraction of sp³-hybridized carbons (Fsp3) is 0.357. The predicted molar refractivity (Wildman–Crippen MR) is 78.3 cm³/mol. The van der Waals surface area contributed by atoms with Gasteiger partial charge in [0.05, 0.1) is 0 Å². The number of benzene rings is 1. The average Bonchev–Trinajstić information content (AvgIpc) is 2.92. The van der Waals surface area contributed by atoms with Gasteiger partial charge in [0, 0.05) is 38.7 Å². The fourth-order valence-electron chi connectivity index (χ4n) is 2.36. The Morgan fingerprint density at radius 2 is 1.86 bits per heavy atom. The summed E-state index contributed by atoms with van der Waals surface area (Å²) in [5.74, 6) is 0.661. The zero-order valence-electron chi connectivity index (χ0n) is 11.7. The molecule has 0 spiro atoms. The molecule has 1 saturated heterocycles. The molecule has 1 fully saturated rings. The van der Waals surface area contributed by atoms with Gasteiger partial charge in [0.2, 0.25) is 5.03 Å². The van der Waals surface area contributed by atoms with Crippen molar-refractivity contribution < 1.29 is 12.8 Å². The molecule has 0 amide bonds. The van der Waals surface area contributed by atoms with Gasteiger partial charge in [0.15, 0.2) is 11.7 Å². The molecule has 1 aromatic carbocycles. The molecule has 7 heteroatoms. The van der Waals surface area contributed by atoms with Gasteiger partial charge in [-0.2, -0.15) is 4.31 Å². The van der Waals surface area contributed by atoms with Crippen LogP contribution in [0.1, 0.15) is 5.89 Å². The largest absolute Gasteiger partial charge is 0.440 e. The van der Waals surface area contributed by atoms with Gasteiger partial charge >= 0.3 is 0 Å². The zero-order valence-corrected chi connectivity index (χ0v) is 12.6. The molecule has 1 aliphatic heterocycles. The minimum atomic E-state index is -3.63. The van der Waals surface area contributed by atoms with Gasteiger partial charge in [-0.25, -0.2) is 13.4 Å². The second kappa shape index (κ2) is 5.59. The molecular weight excluding hydrogens is 290 g/mol. The van der Waals surface area contributed by atoms with Gasteiger partial charge in [-0.15, -0.1) is 0 Å². The molecule has 21 heavy (non-hydrogen) atoms. The van der Waals surface area contributed by atoms with Crippen LogP contribution in [0.2, 0.25) is 0 Å². The van der Waals surface area contributed by atoms with Crippen LogP contribution < -0.4 is 5.32 Å². The van der Waals surface area contributed by atoms with E-state index in [1.165, 1.54) is 4.31 Å². The van der Waals surface area contributed by atoms with Crippen molar-refractivity contribution in [2.75, 3.05) is 26.2 Å². The first-order chi connectivity index (χ1) is 10.1. The smallest absolute Gasteiger partial charge is 0.264 e. The lowest BCUT2D eigenvalue weighted by molar-refractivity contribution is 0.359. The average molecular weight is 307 g/mol. The molecular formula is C14H17N3O3S. The molecule has 0 bridgehead atoms. The fourth-order valence-corrected chi connectivity index (χ4v) is 3.91. The minimum absolute atomic E-state index is 0.00750. The van der Waals surface area contributed by atoms with Crippen molar-refractivity contribution in [1.82, 2.24) is 14.6 Å². The van der Waals surface area contributed by atoms with E-state index in [0.717, 1.165) is 0 Å². The first kappa shape index (κ1) is 14.2. The van der Waals surface area contributed by atoms with Gasteiger partial charge in [-0.05, 0) is 0 Å². The van der Waals surface area contributed by atoms with Crippen molar-refractivity contribution in [1.29, 1.82) is 0 Å². The number of sulfonamides is 1. The van der Waals surface area contributed by atoms with E-state index < -0.39 is 10.0 Å². The lowest BCUT2D eigenvalue weighted by atomic mass is 10.2. The standard InChI is InChI=1S/C14H17N3O3S/c1-11-16-14(13(20-11)12-5-3-2-4-6-12)21(18,19)17-9-7-15-8-10-17/h2-6,15H,7-10H2,1H3. The van der Waals surface area contributed by atoms with E-state index in [2.05, 4.69) is 10.3 Å². The highest BCUT2D eigenvalue weighted by Crippen LogP contribution is 2.30. The lowest BCUT2D eigenvalue weighted by Gasteiger charge is -2.25. The monoisotopic (exact) mass is 307 g/mol. The SMILES string of the molecule is Cc1nc(S(=O)(=O)N2CCNCC2)c(-c2ccccc2)o1. The van der Waals surface area contributed by atoms with Crippen LogP contribution >= 0.6 is 0 Å². The van der Waals surface area contributed by atoms with E-state index in [0.29, 0.717) is 43.4 Å². The molecule has 1 aliphatic rings.